The Hall–Kier alpha value is -1.53. The van der Waals surface area contributed by atoms with Crippen molar-refractivity contribution in [1.82, 2.24) is 5.32 Å². The average molecular weight is 218 g/mol. The van der Waals surface area contributed by atoms with Crippen LogP contribution in [0.4, 0.5) is 0 Å². The van der Waals surface area contributed by atoms with Gasteiger partial charge < -0.3 is 10.1 Å². The minimum atomic E-state index is -0.323. The first-order valence-corrected chi connectivity index (χ1v) is 5.38. The Bertz CT molecular complexity index is 393. The van der Waals surface area contributed by atoms with Gasteiger partial charge in [0.25, 0.3) is 0 Å². The van der Waals surface area contributed by atoms with Crippen LogP contribution in [0.15, 0.2) is 18.2 Å². The maximum absolute atomic E-state index is 9.01. The van der Waals surface area contributed by atoms with E-state index in [0.29, 0.717) is 5.92 Å². The molecule has 0 aliphatic carbocycles. The van der Waals surface area contributed by atoms with Gasteiger partial charge >= 0.3 is 0 Å². The molecule has 1 N–H and O–H groups in total. The molecule has 0 amide bonds. The van der Waals surface area contributed by atoms with Gasteiger partial charge in [-0.15, -0.1) is 0 Å². The molecule has 86 valence electrons. The quantitative estimate of drug-likeness (QED) is 0.844. The molecular formula is C13H18N2O. The lowest BCUT2D eigenvalue weighted by atomic mass is 9.98. The number of nitrogens with zero attached hydrogens (tertiary/aromatic N) is 1. The van der Waals surface area contributed by atoms with Crippen LogP contribution in [-0.2, 0) is 0 Å². The number of ether oxygens (including phenoxy) is 1. The first-order valence-electron chi connectivity index (χ1n) is 5.38. The Labute approximate surface area is 97.0 Å². The number of rotatable bonds is 4. The zero-order valence-electron chi connectivity index (χ0n) is 10.2. The van der Waals surface area contributed by atoms with Gasteiger partial charge in [-0.3, -0.25) is 0 Å². The van der Waals surface area contributed by atoms with Gasteiger partial charge in [0, 0.05) is 5.56 Å². The summed E-state index contributed by atoms with van der Waals surface area (Å²) in [6.45, 7) is 4.27. The molecule has 0 saturated carbocycles. The Kier molecular flexibility index (Phi) is 4.33. The summed E-state index contributed by atoms with van der Waals surface area (Å²) in [6, 6.07) is 7.88. The van der Waals surface area contributed by atoms with Crippen molar-refractivity contribution in [3.63, 3.8) is 0 Å². The van der Waals surface area contributed by atoms with Gasteiger partial charge in [0.05, 0.1) is 13.2 Å². The zero-order chi connectivity index (χ0) is 12.1. The molecule has 1 unspecified atom stereocenters. The molecule has 0 aliphatic heterocycles. The summed E-state index contributed by atoms with van der Waals surface area (Å²) < 4.78 is 5.33. The second kappa shape index (κ2) is 5.53. The molecule has 1 aromatic carbocycles. The van der Waals surface area contributed by atoms with Crippen LogP contribution in [0.3, 0.4) is 0 Å². The van der Waals surface area contributed by atoms with Crippen LogP contribution in [0.2, 0.25) is 0 Å². The third-order valence-corrected chi connectivity index (χ3v) is 2.65. The number of hydrogen-bond donors (Lipinski definition) is 1. The van der Waals surface area contributed by atoms with Crippen LogP contribution in [0.25, 0.3) is 0 Å². The SMILES string of the molecule is CNC(C#N)c1ccc(C(C)C)cc1OC. The lowest BCUT2D eigenvalue weighted by Crippen LogP contribution is -2.15. The van der Waals surface area contributed by atoms with Gasteiger partial charge in [-0.05, 0) is 24.6 Å². The van der Waals surface area contributed by atoms with Crippen molar-refractivity contribution in [2.24, 2.45) is 0 Å². The largest absolute Gasteiger partial charge is 0.496 e. The van der Waals surface area contributed by atoms with E-state index in [9.17, 15) is 0 Å². The number of hydrogen-bond acceptors (Lipinski definition) is 3. The highest BCUT2D eigenvalue weighted by molar-refractivity contribution is 5.42. The molecule has 0 spiro atoms. The lowest BCUT2D eigenvalue weighted by molar-refractivity contribution is 0.405. The fourth-order valence-corrected chi connectivity index (χ4v) is 1.61. The molecular weight excluding hydrogens is 200 g/mol. The molecule has 0 radical (unpaired) electrons. The molecule has 1 atom stereocenters. The third kappa shape index (κ3) is 2.53. The van der Waals surface area contributed by atoms with Gasteiger partial charge in [0.1, 0.15) is 11.8 Å². The zero-order valence-corrected chi connectivity index (χ0v) is 10.2. The van der Waals surface area contributed by atoms with Crippen LogP contribution in [0.5, 0.6) is 5.75 Å². The van der Waals surface area contributed by atoms with Crippen molar-refractivity contribution in [2.75, 3.05) is 14.2 Å². The van der Waals surface area contributed by atoms with E-state index >= 15 is 0 Å². The normalized spacial score (nSPS) is 12.2. The number of nitrogens with one attached hydrogen (secondary N) is 1. The maximum atomic E-state index is 9.01. The second-order valence-corrected chi connectivity index (χ2v) is 4.01. The van der Waals surface area contributed by atoms with Gasteiger partial charge in [-0.2, -0.15) is 5.26 Å². The van der Waals surface area contributed by atoms with Crippen molar-refractivity contribution in [3.05, 3.63) is 29.3 Å². The smallest absolute Gasteiger partial charge is 0.124 e. The first kappa shape index (κ1) is 12.5. The molecule has 0 saturated heterocycles. The molecule has 3 heteroatoms. The van der Waals surface area contributed by atoms with Crippen LogP contribution < -0.4 is 10.1 Å². The van der Waals surface area contributed by atoms with Crippen LogP contribution in [0, 0.1) is 11.3 Å². The third-order valence-electron chi connectivity index (χ3n) is 2.65. The van der Waals surface area contributed by atoms with Gasteiger partial charge in [0.15, 0.2) is 0 Å². The predicted octanol–water partition coefficient (Wildman–Crippen LogP) is 2.60. The molecule has 0 bridgehead atoms. The van der Waals surface area contributed by atoms with Crippen LogP contribution in [-0.4, -0.2) is 14.2 Å². The van der Waals surface area contributed by atoms with Crippen molar-refractivity contribution >= 4 is 0 Å². The topological polar surface area (TPSA) is 45.0 Å². The Balaban J connectivity index is 3.17. The Morgan fingerprint density at radius 2 is 2.06 bits per heavy atom. The molecule has 1 rings (SSSR count). The first-order chi connectivity index (χ1) is 7.63. The minimum absolute atomic E-state index is 0.323. The molecule has 1 aromatic rings. The highest BCUT2D eigenvalue weighted by Crippen LogP contribution is 2.28. The van der Waals surface area contributed by atoms with Gasteiger partial charge in [-0.25, -0.2) is 0 Å². The van der Waals surface area contributed by atoms with E-state index in [-0.39, 0.29) is 6.04 Å². The molecule has 0 aliphatic rings. The highest BCUT2D eigenvalue weighted by atomic mass is 16.5. The summed E-state index contributed by atoms with van der Waals surface area (Å²) >= 11 is 0. The fourth-order valence-electron chi connectivity index (χ4n) is 1.61. The molecule has 3 nitrogen and oxygen atoms in total. The van der Waals surface area contributed by atoms with Crippen molar-refractivity contribution in [3.8, 4) is 11.8 Å². The standard InChI is InChI=1S/C13H18N2O/c1-9(2)10-5-6-11(12(8-14)15-3)13(7-10)16-4/h5-7,9,12,15H,1-4H3. The summed E-state index contributed by atoms with van der Waals surface area (Å²) in [5, 5.41) is 12.0. The van der Waals surface area contributed by atoms with E-state index in [1.165, 1.54) is 5.56 Å². The lowest BCUT2D eigenvalue weighted by Gasteiger charge is -2.15. The van der Waals surface area contributed by atoms with Gasteiger partial charge in [0.2, 0.25) is 0 Å². The van der Waals surface area contributed by atoms with E-state index in [1.807, 2.05) is 18.2 Å². The molecule has 16 heavy (non-hydrogen) atoms. The van der Waals surface area contributed by atoms with Crippen molar-refractivity contribution < 1.29 is 4.74 Å². The van der Waals surface area contributed by atoms with Crippen LogP contribution in [0.1, 0.15) is 36.9 Å². The highest BCUT2D eigenvalue weighted by Gasteiger charge is 2.14. The maximum Gasteiger partial charge on any atom is 0.124 e. The van der Waals surface area contributed by atoms with E-state index in [0.717, 1.165) is 11.3 Å². The van der Waals surface area contributed by atoms with E-state index in [4.69, 9.17) is 10.00 Å². The molecule has 0 aromatic heterocycles. The molecule has 0 heterocycles. The summed E-state index contributed by atoms with van der Waals surface area (Å²) in [5.74, 6) is 1.23. The predicted molar refractivity (Wildman–Crippen MR) is 64.5 cm³/mol. The second-order valence-electron chi connectivity index (χ2n) is 4.01. The summed E-state index contributed by atoms with van der Waals surface area (Å²) in [6.07, 6.45) is 0. The fraction of sp³-hybridized carbons (Fsp3) is 0.462. The Morgan fingerprint density at radius 1 is 1.38 bits per heavy atom. The van der Waals surface area contributed by atoms with Crippen molar-refractivity contribution in [2.45, 2.75) is 25.8 Å². The minimum Gasteiger partial charge on any atom is -0.496 e. The molecule has 0 fully saturated rings. The number of nitriles is 1. The van der Waals surface area contributed by atoms with E-state index in [2.05, 4.69) is 25.2 Å². The van der Waals surface area contributed by atoms with Gasteiger partial charge in [-0.1, -0.05) is 26.0 Å². The van der Waals surface area contributed by atoms with E-state index < -0.39 is 0 Å². The summed E-state index contributed by atoms with van der Waals surface area (Å²) in [7, 11) is 3.40. The van der Waals surface area contributed by atoms with E-state index in [1.54, 1.807) is 14.2 Å². The number of methoxy groups -OCH3 is 1. The summed E-state index contributed by atoms with van der Waals surface area (Å²) in [5.41, 5.74) is 2.10. The number of benzene rings is 1. The average Bonchev–Trinajstić information content (AvgIpc) is 2.30. The summed E-state index contributed by atoms with van der Waals surface area (Å²) in [4.78, 5) is 0. The Morgan fingerprint density at radius 3 is 2.50 bits per heavy atom. The monoisotopic (exact) mass is 218 g/mol. The van der Waals surface area contributed by atoms with Crippen molar-refractivity contribution in [1.29, 1.82) is 5.26 Å². The van der Waals surface area contributed by atoms with Crippen LogP contribution >= 0.6 is 0 Å².